The molecule has 0 aromatic rings. The summed E-state index contributed by atoms with van der Waals surface area (Å²) in [4.78, 5) is 3.61. The molecule has 1 nitrogen and oxygen atoms in total. The third-order valence-corrected chi connectivity index (χ3v) is 2.87. The minimum absolute atomic E-state index is 0.746. The summed E-state index contributed by atoms with van der Waals surface area (Å²) >= 11 is 1.86. The number of thioether (sulfide) groups is 1. The van der Waals surface area contributed by atoms with Gasteiger partial charge < -0.3 is 4.90 Å². The fraction of sp³-hybridized carbons (Fsp3) is 0.500. The van der Waals surface area contributed by atoms with E-state index < -0.39 is 0 Å². The van der Waals surface area contributed by atoms with Gasteiger partial charge in [-0.05, 0) is 13.8 Å². The fourth-order valence-corrected chi connectivity index (χ4v) is 1.85. The third-order valence-electron chi connectivity index (χ3n) is 1.70. The molecule has 1 aliphatic heterocycles. The zero-order valence-electron chi connectivity index (χ0n) is 6.35. The van der Waals surface area contributed by atoms with Crippen LogP contribution < -0.4 is 0 Å². The molecule has 0 saturated heterocycles. The van der Waals surface area contributed by atoms with Gasteiger partial charge in [0.05, 0.1) is 12.4 Å². The van der Waals surface area contributed by atoms with Gasteiger partial charge in [0.2, 0.25) is 0 Å². The highest BCUT2D eigenvalue weighted by molar-refractivity contribution is 8.03. The van der Waals surface area contributed by atoms with Crippen molar-refractivity contribution in [3.63, 3.8) is 0 Å². The molecular formula is C8H11NS. The molecule has 0 aromatic heterocycles. The van der Waals surface area contributed by atoms with Crippen LogP contribution in [0.3, 0.4) is 0 Å². The molecule has 0 spiro atoms. The molecule has 0 N–H and O–H groups in total. The molecule has 0 atom stereocenters. The molecule has 2 heteroatoms. The van der Waals surface area contributed by atoms with Crippen molar-refractivity contribution in [3.8, 4) is 12.3 Å². The SMILES string of the molecule is C#CCN1CSC(C)=C1C. The van der Waals surface area contributed by atoms with E-state index in [0.29, 0.717) is 0 Å². The summed E-state index contributed by atoms with van der Waals surface area (Å²) in [5.74, 6) is 3.67. The molecule has 0 unspecified atom stereocenters. The molecule has 10 heavy (non-hydrogen) atoms. The van der Waals surface area contributed by atoms with Crippen LogP contribution in [0.2, 0.25) is 0 Å². The Kier molecular flexibility index (Phi) is 2.29. The largest absolute Gasteiger partial charge is 0.354 e. The standard InChI is InChI=1S/C8H11NS/c1-4-5-9-6-10-8(3)7(9)2/h1H,5-6H2,2-3H3. The molecule has 1 rings (SSSR count). The van der Waals surface area contributed by atoms with Gasteiger partial charge >= 0.3 is 0 Å². The number of hydrogen-bond donors (Lipinski definition) is 0. The van der Waals surface area contributed by atoms with Gasteiger partial charge in [-0.1, -0.05) is 5.92 Å². The van der Waals surface area contributed by atoms with Crippen LogP contribution in [-0.2, 0) is 0 Å². The zero-order chi connectivity index (χ0) is 7.56. The zero-order valence-corrected chi connectivity index (χ0v) is 7.16. The van der Waals surface area contributed by atoms with Crippen LogP contribution in [0, 0.1) is 12.3 Å². The van der Waals surface area contributed by atoms with Gasteiger partial charge in [0.25, 0.3) is 0 Å². The maximum absolute atomic E-state index is 5.19. The Morgan fingerprint density at radius 2 is 2.40 bits per heavy atom. The second-order valence-electron chi connectivity index (χ2n) is 2.32. The van der Waals surface area contributed by atoms with E-state index in [0.717, 1.165) is 12.4 Å². The smallest absolute Gasteiger partial charge is 0.0797 e. The molecule has 0 bridgehead atoms. The lowest BCUT2D eigenvalue weighted by atomic mass is 10.4. The van der Waals surface area contributed by atoms with Crippen molar-refractivity contribution in [2.75, 3.05) is 12.4 Å². The van der Waals surface area contributed by atoms with Gasteiger partial charge in [-0.2, -0.15) is 0 Å². The maximum Gasteiger partial charge on any atom is 0.0797 e. The Balaban J connectivity index is 2.61. The van der Waals surface area contributed by atoms with Crippen molar-refractivity contribution in [3.05, 3.63) is 10.6 Å². The quantitative estimate of drug-likeness (QED) is 0.529. The number of hydrogen-bond acceptors (Lipinski definition) is 2. The van der Waals surface area contributed by atoms with E-state index >= 15 is 0 Å². The Morgan fingerprint density at radius 3 is 2.80 bits per heavy atom. The third kappa shape index (κ3) is 1.30. The lowest BCUT2D eigenvalue weighted by Crippen LogP contribution is -2.17. The Labute approximate surface area is 66.5 Å². The molecular weight excluding hydrogens is 142 g/mol. The predicted molar refractivity (Wildman–Crippen MR) is 46.4 cm³/mol. The van der Waals surface area contributed by atoms with E-state index in [1.807, 2.05) is 11.8 Å². The monoisotopic (exact) mass is 153 g/mol. The summed E-state index contributed by atoms with van der Waals surface area (Å²) in [5, 5.41) is 0. The molecule has 0 aromatic carbocycles. The Bertz CT molecular complexity index is 200. The van der Waals surface area contributed by atoms with Crippen LogP contribution in [-0.4, -0.2) is 17.3 Å². The minimum Gasteiger partial charge on any atom is -0.354 e. The number of terminal acetylenes is 1. The summed E-state index contributed by atoms with van der Waals surface area (Å²) < 4.78 is 0. The summed E-state index contributed by atoms with van der Waals surface area (Å²) in [7, 11) is 0. The normalized spacial score (nSPS) is 17.9. The predicted octanol–water partition coefficient (Wildman–Crippen LogP) is 1.88. The van der Waals surface area contributed by atoms with Crippen LogP contribution in [0.4, 0.5) is 0 Å². The van der Waals surface area contributed by atoms with Crippen LogP contribution in [0.25, 0.3) is 0 Å². The second kappa shape index (κ2) is 3.03. The average Bonchev–Trinajstić information content (AvgIpc) is 2.20. The molecule has 0 fully saturated rings. The van der Waals surface area contributed by atoms with E-state index in [1.165, 1.54) is 10.6 Å². The van der Waals surface area contributed by atoms with Crippen molar-refractivity contribution in [2.45, 2.75) is 13.8 Å². The second-order valence-corrected chi connectivity index (χ2v) is 3.48. The molecule has 1 heterocycles. The lowest BCUT2D eigenvalue weighted by Gasteiger charge is -2.14. The van der Waals surface area contributed by atoms with Crippen molar-refractivity contribution < 1.29 is 0 Å². The highest BCUT2D eigenvalue weighted by Gasteiger charge is 2.14. The first-order valence-corrected chi connectivity index (χ1v) is 4.23. The first-order chi connectivity index (χ1) is 4.75. The highest BCUT2D eigenvalue weighted by atomic mass is 32.2. The highest BCUT2D eigenvalue weighted by Crippen LogP contribution is 2.30. The van der Waals surface area contributed by atoms with Crippen LogP contribution in [0.1, 0.15) is 13.8 Å². The van der Waals surface area contributed by atoms with Crippen molar-refractivity contribution >= 4 is 11.8 Å². The van der Waals surface area contributed by atoms with Crippen LogP contribution in [0.15, 0.2) is 10.6 Å². The number of nitrogens with zero attached hydrogens (tertiary/aromatic N) is 1. The first-order valence-electron chi connectivity index (χ1n) is 3.24. The first kappa shape index (κ1) is 7.56. The summed E-state index contributed by atoms with van der Waals surface area (Å²) in [6.07, 6.45) is 5.19. The average molecular weight is 153 g/mol. The van der Waals surface area contributed by atoms with Crippen LogP contribution in [0.5, 0.6) is 0 Å². The molecule has 0 aliphatic carbocycles. The van der Waals surface area contributed by atoms with Gasteiger partial charge in [0, 0.05) is 10.6 Å². The van der Waals surface area contributed by atoms with E-state index in [2.05, 4.69) is 24.7 Å². The van der Waals surface area contributed by atoms with Gasteiger partial charge in [0.15, 0.2) is 0 Å². The van der Waals surface area contributed by atoms with E-state index in [-0.39, 0.29) is 0 Å². The van der Waals surface area contributed by atoms with Gasteiger partial charge in [-0.15, -0.1) is 18.2 Å². The van der Waals surface area contributed by atoms with E-state index in [4.69, 9.17) is 6.42 Å². The molecule has 54 valence electrons. The van der Waals surface area contributed by atoms with E-state index in [1.54, 1.807) is 0 Å². The van der Waals surface area contributed by atoms with Gasteiger partial charge in [-0.3, -0.25) is 0 Å². The van der Waals surface area contributed by atoms with Gasteiger partial charge in [-0.25, -0.2) is 0 Å². The molecule has 1 aliphatic rings. The maximum atomic E-state index is 5.19. The summed E-state index contributed by atoms with van der Waals surface area (Å²) in [5.41, 5.74) is 1.34. The topological polar surface area (TPSA) is 3.24 Å². The van der Waals surface area contributed by atoms with Crippen molar-refractivity contribution in [1.29, 1.82) is 0 Å². The molecule has 0 saturated carbocycles. The number of rotatable bonds is 1. The Morgan fingerprint density at radius 1 is 1.70 bits per heavy atom. The number of allylic oxidation sites excluding steroid dienone is 2. The lowest BCUT2D eigenvalue weighted by molar-refractivity contribution is 0.462. The van der Waals surface area contributed by atoms with Gasteiger partial charge in [0.1, 0.15) is 0 Å². The summed E-state index contributed by atoms with van der Waals surface area (Å²) in [6, 6.07) is 0. The fourth-order valence-electron chi connectivity index (χ4n) is 0.873. The van der Waals surface area contributed by atoms with Crippen molar-refractivity contribution in [2.24, 2.45) is 0 Å². The van der Waals surface area contributed by atoms with E-state index in [9.17, 15) is 0 Å². The molecule has 0 amide bonds. The minimum atomic E-state index is 0.746. The Hall–Kier alpha value is -0.550. The van der Waals surface area contributed by atoms with Crippen LogP contribution >= 0.6 is 11.8 Å². The summed E-state index contributed by atoms with van der Waals surface area (Å²) in [6.45, 7) is 5.00. The molecule has 0 radical (unpaired) electrons. The van der Waals surface area contributed by atoms with Crippen molar-refractivity contribution in [1.82, 2.24) is 4.90 Å².